The summed E-state index contributed by atoms with van der Waals surface area (Å²) in [6, 6.07) is 3.16. The molecule has 0 atom stereocenters. The molecule has 1 amide bonds. The molecule has 80 valence electrons. The fraction of sp³-hybridized carbons (Fsp3) is 0.364. The molecule has 2 N–H and O–H groups in total. The molecule has 1 aliphatic carbocycles. The SMILES string of the molecule is NC(=O)C1(c2cc(F)cc(F)c2)CCC1. The number of hydrogen-bond donors (Lipinski definition) is 1. The molecule has 0 heterocycles. The Morgan fingerprint density at radius 1 is 1.20 bits per heavy atom. The molecule has 1 aromatic carbocycles. The summed E-state index contributed by atoms with van der Waals surface area (Å²) in [7, 11) is 0. The summed E-state index contributed by atoms with van der Waals surface area (Å²) in [6.45, 7) is 0. The molecule has 0 aliphatic heterocycles. The Morgan fingerprint density at radius 3 is 2.07 bits per heavy atom. The number of primary amides is 1. The third kappa shape index (κ3) is 1.50. The third-order valence-electron chi connectivity index (χ3n) is 3.09. The Bertz CT molecular complexity index is 393. The van der Waals surface area contributed by atoms with Crippen LogP contribution in [-0.4, -0.2) is 5.91 Å². The van der Waals surface area contributed by atoms with Gasteiger partial charge in [0.2, 0.25) is 5.91 Å². The van der Waals surface area contributed by atoms with Crippen LogP contribution < -0.4 is 5.73 Å². The Hall–Kier alpha value is -1.45. The van der Waals surface area contributed by atoms with Crippen molar-refractivity contribution in [3.05, 3.63) is 35.4 Å². The molecule has 1 aliphatic rings. The van der Waals surface area contributed by atoms with E-state index in [2.05, 4.69) is 0 Å². The van der Waals surface area contributed by atoms with Crippen molar-refractivity contribution >= 4 is 5.91 Å². The quantitative estimate of drug-likeness (QED) is 0.797. The predicted molar refractivity (Wildman–Crippen MR) is 51.1 cm³/mol. The van der Waals surface area contributed by atoms with E-state index in [-0.39, 0.29) is 0 Å². The number of benzene rings is 1. The Morgan fingerprint density at radius 2 is 1.73 bits per heavy atom. The molecule has 2 nitrogen and oxygen atoms in total. The Labute approximate surface area is 86.1 Å². The maximum Gasteiger partial charge on any atom is 0.228 e. The van der Waals surface area contributed by atoms with Crippen LogP contribution >= 0.6 is 0 Å². The smallest absolute Gasteiger partial charge is 0.228 e. The summed E-state index contributed by atoms with van der Waals surface area (Å²) >= 11 is 0. The minimum Gasteiger partial charge on any atom is -0.369 e. The van der Waals surface area contributed by atoms with Gasteiger partial charge in [-0.05, 0) is 30.5 Å². The zero-order valence-corrected chi connectivity index (χ0v) is 8.09. The summed E-state index contributed by atoms with van der Waals surface area (Å²) in [5, 5.41) is 0. The van der Waals surface area contributed by atoms with Gasteiger partial charge in [-0.2, -0.15) is 0 Å². The second-order valence-corrected chi connectivity index (χ2v) is 3.96. The number of hydrogen-bond acceptors (Lipinski definition) is 1. The first-order valence-electron chi connectivity index (χ1n) is 4.81. The molecule has 1 saturated carbocycles. The van der Waals surface area contributed by atoms with E-state index in [0.717, 1.165) is 12.5 Å². The Kier molecular flexibility index (Phi) is 2.21. The lowest BCUT2D eigenvalue weighted by atomic mass is 9.64. The fourth-order valence-electron chi connectivity index (χ4n) is 2.04. The average Bonchev–Trinajstić information content (AvgIpc) is 1.97. The van der Waals surface area contributed by atoms with Crippen LogP contribution in [0.1, 0.15) is 24.8 Å². The molecule has 15 heavy (non-hydrogen) atoms. The largest absolute Gasteiger partial charge is 0.369 e. The van der Waals surface area contributed by atoms with Gasteiger partial charge >= 0.3 is 0 Å². The van der Waals surface area contributed by atoms with Gasteiger partial charge in [0.1, 0.15) is 11.6 Å². The van der Waals surface area contributed by atoms with Crippen LogP contribution in [-0.2, 0) is 10.2 Å². The number of halogens is 2. The summed E-state index contributed by atoms with van der Waals surface area (Å²) in [4.78, 5) is 11.3. The highest BCUT2D eigenvalue weighted by molar-refractivity contribution is 5.87. The summed E-state index contributed by atoms with van der Waals surface area (Å²) in [5.41, 5.74) is 4.80. The molecule has 0 unspecified atom stereocenters. The minimum atomic E-state index is -0.844. The van der Waals surface area contributed by atoms with E-state index in [0.29, 0.717) is 18.4 Å². The molecular weight excluding hydrogens is 200 g/mol. The van der Waals surface area contributed by atoms with Crippen LogP contribution in [0, 0.1) is 11.6 Å². The van der Waals surface area contributed by atoms with Crippen LogP contribution in [0.5, 0.6) is 0 Å². The van der Waals surface area contributed by atoms with Crippen LogP contribution in [0.4, 0.5) is 8.78 Å². The molecule has 0 spiro atoms. The zero-order chi connectivity index (χ0) is 11.1. The lowest BCUT2D eigenvalue weighted by Gasteiger charge is -2.39. The highest BCUT2D eigenvalue weighted by Crippen LogP contribution is 2.43. The first-order chi connectivity index (χ1) is 7.04. The highest BCUT2D eigenvalue weighted by Gasteiger charge is 2.44. The monoisotopic (exact) mass is 211 g/mol. The van der Waals surface area contributed by atoms with Gasteiger partial charge in [0.25, 0.3) is 0 Å². The lowest BCUT2D eigenvalue weighted by molar-refractivity contribution is -0.126. The number of carbonyl (C=O) groups excluding carboxylic acids is 1. The van der Waals surface area contributed by atoms with Gasteiger partial charge < -0.3 is 5.73 Å². The standard InChI is InChI=1S/C11H11F2NO/c12-8-4-7(5-9(13)6-8)11(10(14)15)2-1-3-11/h4-6H,1-3H2,(H2,14,15). The van der Waals surface area contributed by atoms with E-state index in [1.54, 1.807) is 0 Å². The van der Waals surface area contributed by atoms with Crippen LogP contribution in [0.25, 0.3) is 0 Å². The van der Waals surface area contributed by atoms with E-state index < -0.39 is 23.0 Å². The van der Waals surface area contributed by atoms with E-state index in [1.807, 2.05) is 0 Å². The minimum absolute atomic E-state index is 0.360. The molecule has 1 aromatic rings. The molecule has 0 aromatic heterocycles. The normalized spacial score (nSPS) is 18.3. The predicted octanol–water partition coefficient (Wildman–Crippen LogP) is 1.87. The van der Waals surface area contributed by atoms with E-state index in [9.17, 15) is 13.6 Å². The highest BCUT2D eigenvalue weighted by atomic mass is 19.1. The van der Waals surface area contributed by atoms with Gasteiger partial charge in [-0.1, -0.05) is 6.42 Å². The number of amides is 1. The van der Waals surface area contributed by atoms with Crippen molar-refractivity contribution in [1.82, 2.24) is 0 Å². The van der Waals surface area contributed by atoms with Gasteiger partial charge in [-0.25, -0.2) is 8.78 Å². The average molecular weight is 211 g/mol. The zero-order valence-electron chi connectivity index (χ0n) is 8.09. The van der Waals surface area contributed by atoms with E-state index in [4.69, 9.17) is 5.73 Å². The number of carbonyl (C=O) groups is 1. The van der Waals surface area contributed by atoms with Crippen molar-refractivity contribution in [3.8, 4) is 0 Å². The second-order valence-electron chi connectivity index (χ2n) is 3.96. The molecule has 0 radical (unpaired) electrons. The van der Waals surface area contributed by atoms with E-state index in [1.165, 1.54) is 12.1 Å². The molecule has 0 saturated heterocycles. The van der Waals surface area contributed by atoms with Gasteiger partial charge in [0.15, 0.2) is 0 Å². The first kappa shape index (κ1) is 10.1. The maximum absolute atomic E-state index is 13.0. The molecule has 2 rings (SSSR count). The van der Waals surface area contributed by atoms with Gasteiger partial charge in [-0.3, -0.25) is 4.79 Å². The summed E-state index contributed by atoms with van der Waals surface area (Å²) in [6.07, 6.45) is 2.01. The molecule has 4 heteroatoms. The van der Waals surface area contributed by atoms with Crippen LogP contribution in [0.15, 0.2) is 18.2 Å². The van der Waals surface area contributed by atoms with Crippen molar-refractivity contribution in [1.29, 1.82) is 0 Å². The van der Waals surface area contributed by atoms with Gasteiger partial charge in [0.05, 0.1) is 5.41 Å². The molecule has 0 bridgehead atoms. The molecular formula is C11H11F2NO. The van der Waals surface area contributed by atoms with Crippen molar-refractivity contribution < 1.29 is 13.6 Å². The topological polar surface area (TPSA) is 43.1 Å². The second kappa shape index (κ2) is 3.29. The van der Waals surface area contributed by atoms with E-state index >= 15 is 0 Å². The van der Waals surface area contributed by atoms with Crippen LogP contribution in [0.2, 0.25) is 0 Å². The molecule has 1 fully saturated rings. The Balaban J connectivity index is 2.47. The maximum atomic E-state index is 13.0. The van der Waals surface area contributed by atoms with Crippen LogP contribution in [0.3, 0.4) is 0 Å². The van der Waals surface area contributed by atoms with Gasteiger partial charge in [0, 0.05) is 6.07 Å². The van der Waals surface area contributed by atoms with Crippen molar-refractivity contribution in [2.75, 3.05) is 0 Å². The fourth-order valence-corrected chi connectivity index (χ4v) is 2.04. The third-order valence-corrected chi connectivity index (χ3v) is 3.09. The van der Waals surface area contributed by atoms with Crippen molar-refractivity contribution in [2.24, 2.45) is 5.73 Å². The number of rotatable bonds is 2. The summed E-state index contributed by atoms with van der Waals surface area (Å²) < 4.78 is 26.0. The first-order valence-corrected chi connectivity index (χ1v) is 4.81. The van der Waals surface area contributed by atoms with Crippen molar-refractivity contribution in [3.63, 3.8) is 0 Å². The summed E-state index contributed by atoms with van der Waals surface area (Å²) in [5.74, 6) is -1.84. The van der Waals surface area contributed by atoms with Crippen molar-refractivity contribution in [2.45, 2.75) is 24.7 Å². The number of nitrogens with two attached hydrogens (primary N) is 1. The lowest BCUT2D eigenvalue weighted by Crippen LogP contribution is -2.46. The van der Waals surface area contributed by atoms with Gasteiger partial charge in [-0.15, -0.1) is 0 Å².